The van der Waals surface area contributed by atoms with Gasteiger partial charge in [0.2, 0.25) is 5.91 Å². The van der Waals surface area contributed by atoms with E-state index in [1.807, 2.05) is 46.7 Å². The lowest BCUT2D eigenvalue weighted by atomic mass is 9.90. The Morgan fingerprint density at radius 3 is 2.30 bits per heavy atom. The van der Waals surface area contributed by atoms with Gasteiger partial charge >= 0.3 is 7.12 Å². The van der Waals surface area contributed by atoms with Gasteiger partial charge in [0, 0.05) is 19.4 Å². The molecule has 2 aliphatic rings. The monoisotopic (exact) mass is 381 g/mol. The molecule has 2 aliphatic heterocycles. The maximum Gasteiger partial charge on any atom is 0.486 e. The van der Waals surface area contributed by atoms with Gasteiger partial charge in [-0.15, -0.1) is 0 Å². The Bertz CT molecular complexity index is 543. The van der Waals surface area contributed by atoms with Crippen LogP contribution >= 0.6 is 0 Å². The second-order valence-corrected chi connectivity index (χ2v) is 8.01. The van der Waals surface area contributed by atoms with Gasteiger partial charge in [0.25, 0.3) is 0 Å². The van der Waals surface area contributed by atoms with Gasteiger partial charge in [-0.3, -0.25) is 4.79 Å². The number of amides is 1. The topological polar surface area (TPSA) is 90.7 Å². The Hall–Kier alpha value is -1.29. The summed E-state index contributed by atoms with van der Waals surface area (Å²) in [7, 11) is -0.344. The lowest BCUT2D eigenvalue weighted by Gasteiger charge is -2.32. The summed E-state index contributed by atoms with van der Waals surface area (Å²) in [5.41, 5.74) is -0.971. The third-order valence-electron chi connectivity index (χ3n) is 4.99. The van der Waals surface area contributed by atoms with Crippen molar-refractivity contribution in [1.29, 1.82) is 0 Å². The molecule has 0 aliphatic carbocycles. The Labute approximate surface area is 162 Å². The van der Waals surface area contributed by atoms with Crippen molar-refractivity contribution in [3.05, 3.63) is 12.1 Å². The van der Waals surface area contributed by atoms with E-state index in [0.29, 0.717) is 45.8 Å². The predicted molar refractivity (Wildman–Crippen MR) is 102 cm³/mol. The molecule has 0 aromatic rings. The first-order chi connectivity index (χ1) is 12.6. The lowest BCUT2D eigenvalue weighted by Crippen LogP contribution is -2.41. The van der Waals surface area contributed by atoms with E-state index in [4.69, 9.17) is 18.8 Å². The third kappa shape index (κ3) is 7.33. The van der Waals surface area contributed by atoms with Gasteiger partial charge in [-0.25, -0.2) is 0 Å². The summed E-state index contributed by atoms with van der Waals surface area (Å²) in [6.07, 6.45) is 2.98. The van der Waals surface area contributed by atoms with Crippen molar-refractivity contribution in [2.45, 2.75) is 64.3 Å². The molecule has 1 fully saturated rings. The summed E-state index contributed by atoms with van der Waals surface area (Å²) in [4.78, 5) is 11.6. The fraction of sp³-hybridized carbons (Fsp3) is 0.833. The fourth-order valence-electron chi connectivity index (χ4n) is 2.39. The van der Waals surface area contributed by atoms with Crippen molar-refractivity contribution in [3.63, 3.8) is 0 Å². The largest absolute Gasteiger partial charge is 0.486 e. The van der Waals surface area contributed by atoms with E-state index in [9.17, 15) is 4.79 Å². The average molecular weight is 381 g/mol. The average Bonchev–Trinajstić information content (AvgIpc) is 3.26. The molecule has 9 heteroatoms. The van der Waals surface area contributed by atoms with Crippen molar-refractivity contribution < 1.29 is 23.6 Å². The van der Waals surface area contributed by atoms with Crippen LogP contribution in [-0.2, 0) is 23.6 Å². The summed E-state index contributed by atoms with van der Waals surface area (Å²) in [6.45, 7) is 12.4. The van der Waals surface area contributed by atoms with Crippen LogP contribution < -0.4 is 5.32 Å². The van der Waals surface area contributed by atoms with E-state index >= 15 is 0 Å². The molecule has 152 valence electrons. The van der Waals surface area contributed by atoms with Crippen LogP contribution in [0.3, 0.4) is 0 Å². The van der Waals surface area contributed by atoms with Crippen LogP contribution in [-0.4, -0.2) is 62.9 Å². The molecule has 2 rings (SSSR count). The molecule has 1 N–H and O–H groups in total. The molecule has 0 unspecified atom stereocenters. The van der Waals surface area contributed by atoms with Crippen LogP contribution in [0.15, 0.2) is 22.3 Å². The van der Waals surface area contributed by atoms with E-state index in [0.717, 1.165) is 0 Å². The molecule has 1 saturated heterocycles. The number of nitrogens with zero attached hydrogens (tertiary/aromatic N) is 2. The second kappa shape index (κ2) is 9.27. The van der Waals surface area contributed by atoms with E-state index in [2.05, 4.69) is 15.5 Å². The number of rotatable bonds is 12. The van der Waals surface area contributed by atoms with E-state index in [1.165, 1.54) is 0 Å². The van der Waals surface area contributed by atoms with Crippen LogP contribution in [0.5, 0.6) is 0 Å². The summed E-state index contributed by atoms with van der Waals surface area (Å²) >= 11 is 0. The smallest absolute Gasteiger partial charge is 0.400 e. The molecule has 27 heavy (non-hydrogen) atoms. The van der Waals surface area contributed by atoms with Crippen molar-refractivity contribution in [2.24, 2.45) is 10.2 Å². The number of carbonyl (C=O) groups is 1. The van der Waals surface area contributed by atoms with Crippen molar-refractivity contribution in [1.82, 2.24) is 5.32 Å². The zero-order chi connectivity index (χ0) is 20.0. The molecule has 0 aromatic heterocycles. The first-order valence-electron chi connectivity index (χ1n) is 9.52. The number of ether oxygens (including phenoxy) is 2. The van der Waals surface area contributed by atoms with Gasteiger partial charge in [-0.05, 0) is 34.6 Å². The number of hydrogen-bond acceptors (Lipinski definition) is 7. The Kier molecular flexibility index (Phi) is 7.56. The van der Waals surface area contributed by atoms with Crippen LogP contribution in [0.1, 0.15) is 47.5 Å². The Balaban J connectivity index is 1.40. The molecule has 8 nitrogen and oxygen atoms in total. The van der Waals surface area contributed by atoms with Gasteiger partial charge in [0.05, 0.1) is 37.6 Å². The number of hydrogen-bond donors (Lipinski definition) is 1. The molecular weight excluding hydrogens is 349 g/mol. The predicted octanol–water partition coefficient (Wildman–Crippen LogP) is 2.29. The summed E-state index contributed by atoms with van der Waals surface area (Å²) in [6, 6.07) is 0. The quantitative estimate of drug-likeness (QED) is 0.414. The van der Waals surface area contributed by atoms with Crippen molar-refractivity contribution >= 4 is 13.0 Å². The zero-order valence-electron chi connectivity index (χ0n) is 17.1. The molecule has 0 saturated carbocycles. The highest BCUT2D eigenvalue weighted by atomic mass is 16.7. The Morgan fingerprint density at radius 2 is 1.67 bits per heavy atom. The van der Waals surface area contributed by atoms with Crippen LogP contribution in [0.4, 0.5) is 0 Å². The van der Waals surface area contributed by atoms with E-state index < -0.39 is 0 Å². The molecule has 0 spiro atoms. The first kappa shape index (κ1) is 22.0. The highest BCUT2D eigenvalue weighted by Crippen LogP contribution is 2.36. The van der Waals surface area contributed by atoms with Gasteiger partial charge < -0.3 is 24.1 Å². The van der Waals surface area contributed by atoms with E-state index in [1.54, 1.807) is 0 Å². The highest BCUT2D eigenvalue weighted by Gasteiger charge is 2.49. The number of nitrogens with one attached hydrogen (secondary N) is 1. The Morgan fingerprint density at radius 1 is 1.04 bits per heavy atom. The molecule has 1 amide bonds. The SMILES string of the molecule is CC1(CCC(=O)NCCOCCOC/C=C/B2OC(C)(C)C(C)(C)O2)N=N1. The van der Waals surface area contributed by atoms with Crippen molar-refractivity contribution in [3.8, 4) is 0 Å². The molecular formula is C18H32BN3O5. The molecule has 0 radical (unpaired) electrons. The molecule has 0 bridgehead atoms. The van der Waals surface area contributed by atoms with Crippen LogP contribution in [0, 0.1) is 0 Å². The number of carbonyl (C=O) groups excluding carboxylic acids is 1. The normalized spacial score (nSPS) is 21.7. The zero-order valence-corrected chi connectivity index (χ0v) is 17.1. The van der Waals surface area contributed by atoms with Gasteiger partial charge in [0.1, 0.15) is 0 Å². The van der Waals surface area contributed by atoms with Gasteiger partial charge in [-0.2, -0.15) is 10.2 Å². The maximum absolute atomic E-state index is 11.6. The minimum absolute atomic E-state index is 0.00113. The van der Waals surface area contributed by atoms with Crippen LogP contribution in [0.2, 0.25) is 0 Å². The minimum atomic E-state index is -0.344. The van der Waals surface area contributed by atoms with Gasteiger partial charge in [0.15, 0.2) is 5.66 Å². The summed E-state index contributed by atoms with van der Waals surface area (Å²) in [5, 5.41) is 10.6. The second-order valence-electron chi connectivity index (χ2n) is 8.01. The first-order valence-corrected chi connectivity index (χ1v) is 9.52. The summed E-state index contributed by atoms with van der Waals surface area (Å²) in [5.74, 6) is 1.87. The fourth-order valence-corrected chi connectivity index (χ4v) is 2.39. The molecule has 0 atom stereocenters. The van der Waals surface area contributed by atoms with Crippen molar-refractivity contribution in [2.75, 3.05) is 33.0 Å². The highest BCUT2D eigenvalue weighted by molar-refractivity contribution is 6.51. The maximum atomic E-state index is 11.6. The minimum Gasteiger partial charge on any atom is -0.400 e. The lowest BCUT2D eigenvalue weighted by molar-refractivity contribution is -0.121. The van der Waals surface area contributed by atoms with E-state index in [-0.39, 0.29) is 29.9 Å². The molecule has 2 heterocycles. The molecule has 0 aromatic carbocycles. The third-order valence-corrected chi connectivity index (χ3v) is 4.99. The van der Waals surface area contributed by atoms with Crippen LogP contribution in [0.25, 0.3) is 0 Å². The summed E-state index contributed by atoms with van der Waals surface area (Å²) < 4.78 is 22.6. The standard InChI is InChI=1S/C18H32BN3O5/c1-16(2)17(3,4)27-19(26-16)9-6-11-24-13-14-25-12-10-20-15(23)7-8-18(5)21-22-18/h6,9H,7-8,10-14H2,1-5H3,(H,20,23)/b9-6+. The van der Waals surface area contributed by atoms with Gasteiger partial charge in [-0.1, -0.05) is 12.1 Å².